The second kappa shape index (κ2) is 9.71. The molecule has 1 aliphatic carbocycles. The Balaban J connectivity index is 1.41. The molecule has 1 saturated heterocycles. The Bertz CT molecular complexity index is 700. The van der Waals surface area contributed by atoms with Crippen molar-refractivity contribution in [3.8, 4) is 0 Å². The highest BCUT2D eigenvalue weighted by Crippen LogP contribution is 2.32. The molecule has 0 aromatic heterocycles. The van der Waals surface area contributed by atoms with Gasteiger partial charge in [-0.15, -0.1) is 0 Å². The number of hydrogen-bond acceptors (Lipinski definition) is 3. The van der Waals surface area contributed by atoms with Crippen molar-refractivity contribution in [2.45, 2.75) is 82.9 Å². The Morgan fingerprint density at radius 3 is 2.17 bits per heavy atom. The van der Waals surface area contributed by atoms with E-state index in [0.717, 1.165) is 38.5 Å². The van der Waals surface area contributed by atoms with Crippen molar-refractivity contribution in [1.82, 2.24) is 15.1 Å². The van der Waals surface area contributed by atoms with E-state index in [1.54, 1.807) is 4.90 Å². The van der Waals surface area contributed by atoms with Gasteiger partial charge >= 0.3 is 12.1 Å². The number of carbonyl (C=O) groups excluding carboxylic acids is 2. The summed E-state index contributed by atoms with van der Waals surface area (Å²) in [5.74, 6) is 0.606. The fourth-order valence-corrected chi connectivity index (χ4v) is 4.50. The van der Waals surface area contributed by atoms with Gasteiger partial charge in [-0.1, -0.05) is 30.3 Å². The van der Waals surface area contributed by atoms with Crippen LogP contribution in [0, 0.1) is 0 Å². The first-order valence-corrected chi connectivity index (χ1v) is 11.3. The smallest absolute Gasteiger partial charge is 0.410 e. The monoisotopic (exact) mass is 415 g/mol. The average Bonchev–Trinajstić information content (AvgIpc) is 2.73. The second-order valence-corrected chi connectivity index (χ2v) is 9.72. The molecule has 0 spiro atoms. The van der Waals surface area contributed by atoms with Crippen molar-refractivity contribution < 1.29 is 14.3 Å². The number of piperidine rings is 1. The van der Waals surface area contributed by atoms with Crippen molar-refractivity contribution >= 4 is 12.1 Å². The van der Waals surface area contributed by atoms with Crippen LogP contribution in [0.1, 0.15) is 70.8 Å². The third kappa shape index (κ3) is 6.13. The molecule has 6 nitrogen and oxygen atoms in total. The van der Waals surface area contributed by atoms with Crippen LogP contribution < -0.4 is 5.32 Å². The third-order valence-corrected chi connectivity index (χ3v) is 6.31. The quantitative estimate of drug-likeness (QED) is 0.775. The van der Waals surface area contributed by atoms with E-state index in [2.05, 4.69) is 35.6 Å². The van der Waals surface area contributed by atoms with E-state index in [9.17, 15) is 9.59 Å². The van der Waals surface area contributed by atoms with Crippen LogP contribution in [0.4, 0.5) is 9.59 Å². The SMILES string of the molecule is CN(C(=O)N[C@H]1CC[C@H](c2ccccc2)CC1)C1CCN(C(=O)OC(C)(C)C)CC1. The predicted molar refractivity (Wildman–Crippen MR) is 119 cm³/mol. The summed E-state index contributed by atoms with van der Waals surface area (Å²) < 4.78 is 5.46. The Labute approximate surface area is 180 Å². The van der Waals surface area contributed by atoms with Crippen LogP contribution in [-0.2, 0) is 4.74 Å². The molecule has 0 atom stereocenters. The zero-order valence-corrected chi connectivity index (χ0v) is 18.9. The highest BCUT2D eigenvalue weighted by molar-refractivity contribution is 5.74. The van der Waals surface area contributed by atoms with Gasteiger partial charge in [0, 0.05) is 32.2 Å². The maximum absolute atomic E-state index is 12.8. The van der Waals surface area contributed by atoms with Crippen molar-refractivity contribution in [2.24, 2.45) is 0 Å². The Morgan fingerprint density at radius 1 is 1.00 bits per heavy atom. The molecule has 1 aliphatic heterocycles. The van der Waals surface area contributed by atoms with Crippen molar-refractivity contribution in [1.29, 1.82) is 0 Å². The summed E-state index contributed by atoms with van der Waals surface area (Å²) in [7, 11) is 1.87. The summed E-state index contributed by atoms with van der Waals surface area (Å²) in [6.07, 6.45) is 5.59. The van der Waals surface area contributed by atoms with Gasteiger partial charge in [0.15, 0.2) is 0 Å². The molecule has 1 heterocycles. The summed E-state index contributed by atoms with van der Waals surface area (Å²) in [6.45, 7) is 6.88. The number of urea groups is 1. The van der Waals surface area contributed by atoms with Gasteiger partial charge in [-0.05, 0) is 70.8 Å². The first-order valence-electron chi connectivity index (χ1n) is 11.3. The van der Waals surface area contributed by atoms with Gasteiger partial charge in [0.25, 0.3) is 0 Å². The minimum absolute atomic E-state index is 0.00822. The summed E-state index contributed by atoms with van der Waals surface area (Å²) in [6, 6.07) is 11.1. The van der Waals surface area contributed by atoms with Crippen molar-refractivity contribution in [3.05, 3.63) is 35.9 Å². The Kier molecular flexibility index (Phi) is 7.27. The fraction of sp³-hybridized carbons (Fsp3) is 0.667. The van der Waals surface area contributed by atoms with E-state index < -0.39 is 5.60 Å². The van der Waals surface area contributed by atoms with Crippen LogP contribution >= 0.6 is 0 Å². The summed E-state index contributed by atoms with van der Waals surface area (Å²) in [4.78, 5) is 28.6. The number of nitrogens with one attached hydrogen (secondary N) is 1. The molecule has 2 aliphatic rings. The van der Waals surface area contributed by atoms with E-state index in [-0.39, 0.29) is 24.2 Å². The van der Waals surface area contributed by atoms with E-state index in [0.29, 0.717) is 19.0 Å². The summed E-state index contributed by atoms with van der Waals surface area (Å²) in [5, 5.41) is 3.23. The molecule has 0 bridgehead atoms. The van der Waals surface area contributed by atoms with Crippen LogP contribution in [0.15, 0.2) is 30.3 Å². The molecule has 6 heteroatoms. The van der Waals surface area contributed by atoms with Gasteiger partial charge in [-0.3, -0.25) is 0 Å². The minimum atomic E-state index is -0.482. The third-order valence-electron chi connectivity index (χ3n) is 6.31. The van der Waals surface area contributed by atoms with Crippen LogP contribution in [0.5, 0.6) is 0 Å². The molecule has 0 unspecified atom stereocenters. The van der Waals surface area contributed by atoms with Crippen LogP contribution in [0.25, 0.3) is 0 Å². The molecular formula is C24H37N3O3. The molecule has 1 aromatic rings. The van der Waals surface area contributed by atoms with Gasteiger partial charge in [0.2, 0.25) is 0 Å². The topological polar surface area (TPSA) is 61.9 Å². The van der Waals surface area contributed by atoms with E-state index in [4.69, 9.17) is 4.74 Å². The molecule has 3 rings (SSSR count). The lowest BCUT2D eigenvalue weighted by Gasteiger charge is -2.38. The first-order chi connectivity index (χ1) is 14.2. The molecule has 1 saturated carbocycles. The zero-order chi connectivity index (χ0) is 21.7. The number of ether oxygens (including phenoxy) is 1. The lowest BCUT2D eigenvalue weighted by molar-refractivity contribution is 0.0172. The average molecular weight is 416 g/mol. The maximum Gasteiger partial charge on any atom is 0.410 e. The Hall–Kier alpha value is -2.24. The molecule has 1 N–H and O–H groups in total. The highest BCUT2D eigenvalue weighted by Gasteiger charge is 2.31. The van der Waals surface area contributed by atoms with Crippen LogP contribution in [0.3, 0.4) is 0 Å². The van der Waals surface area contributed by atoms with Gasteiger partial charge in [-0.2, -0.15) is 0 Å². The number of likely N-dealkylation sites (tertiary alicyclic amines) is 1. The minimum Gasteiger partial charge on any atom is -0.444 e. The fourth-order valence-electron chi connectivity index (χ4n) is 4.50. The molecule has 3 amide bonds. The number of amides is 3. The lowest BCUT2D eigenvalue weighted by Crippen LogP contribution is -2.52. The van der Waals surface area contributed by atoms with E-state index >= 15 is 0 Å². The zero-order valence-electron chi connectivity index (χ0n) is 18.9. The van der Waals surface area contributed by atoms with Crippen LogP contribution in [-0.4, -0.2) is 59.7 Å². The molecule has 166 valence electrons. The maximum atomic E-state index is 12.8. The number of benzene rings is 1. The number of rotatable bonds is 3. The number of carbonyl (C=O) groups is 2. The lowest BCUT2D eigenvalue weighted by atomic mass is 9.82. The highest BCUT2D eigenvalue weighted by atomic mass is 16.6. The standard InChI is InChI=1S/C24H37N3O3/c1-24(2,3)30-23(29)27-16-14-21(15-17-27)26(4)22(28)25-20-12-10-19(11-13-20)18-8-6-5-7-9-18/h5-9,19-21H,10-17H2,1-4H3,(H,25,28)/t19-,20-. The van der Waals surface area contributed by atoms with Crippen molar-refractivity contribution in [2.75, 3.05) is 20.1 Å². The number of nitrogens with zero attached hydrogens (tertiary/aromatic N) is 2. The van der Waals surface area contributed by atoms with Gasteiger partial charge in [0.1, 0.15) is 5.60 Å². The summed E-state index contributed by atoms with van der Waals surface area (Å²) >= 11 is 0. The van der Waals surface area contributed by atoms with Gasteiger partial charge in [0.05, 0.1) is 0 Å². The summed E-state index contributed by atoms with van der Waals surface area (Å²) in [5.41, 5.74) is 0.931. The second-order valence-electron chi connectivity index (χ2n) is 9.72. The molecule has 0 radical (unpaired) electrons. The van der Waals surface area contributed by atoms with Gasteiger partial charge < -0.3 is 19.9 Å². The normalized spacial score (nSPS) is 23.0. The molecule has 30 heavy (non-hydrogen) atoms. The number of hydrogen-bond donors (Lipinski definition) is 1. The van der Waals surface area contributed by atoms with Crippen LogP contribution in [0.2, 0.25) is 0 Å². The predicted octanol–water partition coefficient (Wildman–Crippen LogP) is 4.75. The molecule has 1 aromatic carbocycles. The first kappa shape index (κ1) is 22.4. The molecule has 2 fully saturated rings. The van der Waals surface area contributed by atoms with E-state index in [1.165, 1.54) is 5.56 Å². The van der Waals surface area contributed by atoms with Crippen molar-refractivity contribution in [3.63, 3.8) is 0 Å². The van der Waals surface area contributed by atoms with Gasteiger partial charge in [-0.25, -0.2) is 9.59 Å². The Morgan fingerprint density at radius 2 is 1.60 bits per heavy atom. The largest absolute Gasteiger partial charge is 0.444 e. The van der Waals surface area contributed by atoms with E-state index in [1.807, 2.05) is 32.7 Å². The molecular weight excluding hydrogens is 378 g/mol.